The molecule has 9 heteroatoms. The molecule has 5 nitrogen and oxygen atoms in total. The first kappa shape index (κ1) is 20.7. The third-order valence-corrected chi connectivity index (χ3v) is 4.68. The Kier molecular flexibility index (Phi) is 5.32. The summed E-state index contributed by atoms with van der Waals surface area (Å²) in [5.74, 6) is -1.13. The molecule has 0 saturated carbocycles. The molecule has 4 rings (SSSR count). The number of oxazole rings is 1. The summed E-state index contributed by atoms with van der Waals surface area (Å²) in [4.78, 5) is 17.0. The van der Waals surface area contributed by atoms with Crippen molar-refractivity contribution in [3.63, 3.8) is 0 Å². The Morgan fingerprint density at radius 2 is 1.87 bits per heavy atom. The van der Waals surface area contributed by atoms with Crippen LogP contribution in [0.1, 0.15) is 15.9 Å². The monoisotopic (exact) mass is 446 g/mol. The molecule has 1 heterocycles. The smallest absolute Gasteiger partial charge is 0.436 e. The van der Waals surface area contributed by atoms with Gasteiger partial charge in [-0.25, -0.2) is 4.98 Å². The number of carbonyl (C=O) groups is 1. The van der Waals surface area contributed by atoms with Crippen molar-refractivity contribution < 1.29 is 27.1 Å². The highest BCUT2D eigenvalue weighted by Crippen LogP contribution is 2.33. The van der Waals surface area contributed by atoms with Crippen LogP contribution in [0.15, 0.2) is 65.1 Å². The summed E-state index contributed by atoms with van der Waals surface area (Å²) in [5.41, 5.74) is 2.69. The number of nitrogens with zero attached hydrogens (tertiary/aromatic N) is 1. The van der Waals surface area contributed by atoms with Crippen LogP contribution in [0.5, 0.6) is 5.75 Å². The number of para-hydroxylation sites is 1. The van der Waals surface area contributed by atoms with Gasteiger partial charge in [-0.05, 0) is 55.0 Å². The third kappa shape index (κ3) is 4.64. The molecule has 158 valence electrons. The lowest BCUT2D eigenvalue weighted by molar-refractivity contribution is -0.274. The number of anilines is 1. The average Bonchev–Trinajstić information content (AvgIpc) is 3.11. The van der Waals surface area contributed by atoms with Crippen LogP contribution in [0.2, 0.25) is 5.02 Å². The maximum absolute atomic E-state index is 12.6. The first-order chi connectivity index (χ1) is 14.7. The number of rotatable bonds is 4. The summed E-state index contributed by atoms with van der Waals surface area (Å²) in [6.07, 6.45) is -4.92. The van der Waals surface area contributed by atoms with Crippen LogP contribution in [0.4, 0.5) is 18.9 Å². The predicted octanol–water partition coefficient (Wildman–Crippen LogP) is 6.61. The van der Waals surface area contributed by atoms with Gasteiger partial charge in [0.25, 0.3) is 5.91 Å². The molecular formula is C22H14ClF3N2O3. The van der Waals surface area contributed by atoms with Gasteiger partial charge < -0.3 is 14.5 Å². The summed E-state index contributed by atoms with van der Waals surface area (Å²) >= 11 is 6.28. The molecule has 0 fully saturated rings. The molecule has 0 atom stereocenters. The summed E-state index contributed by atoms with van der Waals surface area (Å²) in [6, 6.07) is 15.2. The Hall–Kier alpha value is -3.52. The van der Waals surface area contributed by atoms with Crippen molar-refractivity contribution in [3.8, 4) is 17.2 Å². The maximum Gasteiger partial charge on any atom is 0.573 e. The largest absolute Gasteiger partial charge is 0.573 e. The molecule has 31 heavy (non-hydrogen) atoms. The minimum atomic E-state index is -4.92. The van der Waals surface area contributed by atoms with Crippen molar-refractivity contribution in [2.75, 3.05) is 5.32 Å². The number of alkyl halides is 3. The molecule has 0 spiro atoms. The molecule has 0 aliphatic heterocycles. The summed E-state index contributed by atoms with van der Waals surface area (Å²) in [7, 11) is 0. The van der Waals surface area contributed by atoms with E-state index >= 15 is 0 Å². The van der Waals surface area contributed by atoms with Crippen molar-refractivity contribution in [2.45, 2.75) is 13.3 Å². The zero-order valence-electron chi connectivity index (χ0n) is 16.0. The fourth-order valence-electron chi connectivity index (χ4n) is 2.99. The van der Waals surface area contributed by atoms with E-state index in [2.05, 4.69) is 15.0 Å². The van der Waals surface area contributed by atoms with Gasteiger partial charge in [0.15, 0.2) is 5.58 Å². The molecule has 0 unspecified atom stereocenters. The Morgan fingerprint density at radius 1 is 1.10 bits per heavy atom. The Bertz CT molecular complexity index is 1280. The van der Waals surface area contributed by atoms with Crippen LogP contribution < -0.4 is 10.1 Å². The van der Waals surface area contributed by atoms with Crippen LogP contribution in [-0.4, -0.2) is 17.3 Å². The Morgan fingerprint density at radius 3 is 2.65 bits per heavy atom. The standard InChI is InChI=1S/C22H14ClF3N2O3/c1-12-6-9-19-17(10-12)28-21(30-19)15-11-13(7-8-16(15)23)27-20(29)14-4-2-3-5-18(14)31-22(24,25)26/h2-11H,1H3,(H,27,29). The zero-order chi connectivity index (χ0) is 22.2. The van der Waals surface area contributed by atoms with Gasteiger partial charge in [-0.1, -0.05) is 29.8 Å². The molecule has 0 aliphatic rings. The number of carbonyl (C=O) groups excluding carboxylic acids is 1. The Labute approximate surface area is 179 Å². The third-order valence-electron chi connectivity index (χ3n) is 4.36. The molecule has 0 bridgehead atoms. The van der Waals surface area contributed by atoms with E-state index in [4.69, 9.17) is 16.0 Å². The topological polar surface area (TPSA) is 64.4 Å². The summed E-state index contributed by atoms with van der Waals surface area (Å²) in [6.45, 7) is 1.93. The SMILES string of the molecule is Cc1ccc2oc(-c3cc(NC(=O)c4ccccc4OC(F)(F)F)ccc3Cl)nc2c1. The first-order valence-electron chi connectivity index (χ1n) is 9.03. The Balaban J connectivity index is 1.64. The first-order valence-corrected chi connectivity index (χ1v) is 9.41. The molecule has 1 amide bonds. The van der Waals surface area contributed by atoms with E-state index in [-0.39, 0.29) is 11.5 Å². The minimum absolute atomic E-state index is 0.252. The van der Waals surface area contributed by atoms with E-state index in [9.17, 15) is 18.0 Å². The maximum atomic E-state index is 12.6. The van der Waals surface area contributed by atoms with Crippen LogP contribution in [-0.2, 0) is 0 Å². The molecule has 0 aliphatic carbocycles. The van der Waals surface area contributed by atoms with E-state index in [1.165, 1.54) is 36.4 Å². The van der Waals surface area contributed by atoms with Gasteiger partial charge >= 0.3 is 6.36 Å². The van der Waals surface area contributed by atoms with E-state index in [0.717, 1.165) is 11.6 Å². The van der Waals surface area contributed by atoms with Crippen LogP contribution in [0, 0.1) is 6.92 Å². The highest BCUT2D eigenvalue weighted by molar-refractivity contribution is 6.33. The number of fused-ring (bicyclic) bond motifs is 1. The number of halogens is 4. The van der Waals surface area contributed by atoms with Gasteiger partial charge in [0.1, 0.15) is 11.3 Å². The number of hydrogen-bond acceptors (Lipinski definition) is 4. The molecular weight excluding hydrogens is 433 g/mol. The molecule has 1 N–H and O–H groups in total. The quantitative estimate of drug-likeness (QED) is 0.383. The highest BCUT2D eigenvalue weighted by Gasteiger charge is 2.32. The van der Waals surface area contributed by atoms with Gasteiger partial charge in [-0.3, -0.25) is 4.79 Å². The van der Waals surface area contributed by atoms with Gasteiger partial charge in [0, 0.05) is 5.69 Å². The number of ether oxygens (including phenoxy) is 1. The van der Waals surface area contributed by atoms with E-state index in [0.29, 0.717) is 27.4 Å². The lowest BCUT2D eigenvalue weighted by Crippen LogP contribution is -2.20. The second-order valence-electron chi connectivity index (χ2n) is 6.68. The second-order valence-corrected chi connectivity index (χ2v) is 7.09. The number of aromatic nitrogens is 1. The van der Waals surface area contributed by atoms with Crippen LogP contribution in [0.3, 0.4) is 0 Å². The molecule has 3 aromatic carbocycles. The molecule has 1 aromatic heterocycles. The number of amides is 1. The van der Waals surface area contributed by atoms with Gasteiger partial charge in [0.2, 0.25) is 5.89 Å². The van der Waals surface area contributed by atoms with Crippen molar-refractivity contribution in [1.82, 2.24) is 4.98 Å². The van der Waals surface area contributed by atoms with E-state index in [1.807, 2.05) is 19.1 Å². The number of aryl methyl sites for hydroxylation is 1. The van der Waals surface area contributed by atoms with Crippen molar-refractivity contribution >= 4 is 34.3 Å². The van der Waals surface area contributed by atoms with Crippen LogP contribution >= 0.6 is 11.6 Å². The molecule has 0 saturated heterocycles. The fourth-order valence-corrected chi connectivity index (χ4v) is 3.18. The fraction of sp³-hybridized carbons (Fsp3) is 0.0909. The molecule has 0 radical (unpaired) electrons. The van der Waals surface area contributed by atoms with Crippen LogP contribution in [0.25, 0.3) is 22.6 Å². The van der Waals surface area contributed by atoms with Gasteiger partial charge in [0.05, 0.1) is 16.1 Å². The number of hydrogen-bond donors (Lipinski definition) is 1. The second kappa shape index (κ2) is 7.96. The lowest BCUT2D eigenvalue weighted by Gasteiger charge is -2.13. The van der Waals surface area contributed by atoms with Gasteiger partial charge in [-0.2, -0.15) is 0 Å². The normalized spacial score (nSPS) is 11.5. The van der Waals surface area contributed by atoms with E-state index < -0.39 is 18.0 Å². The molecule has 4 aromatic rings. The number of nitrogens with one attached hydrogen (secondary N) is 1. The predicted molar refractivity (Wildman–Crippen MR) is 110 cm³/mol. The highest BCUT2D eigenvalue weighted by atomic mass is 35.5. The van der Waals surface area contributed by atoms with Crippen molar-refractivity contribution in [1.29, 1.82) is 0 Å². The zero-order valence-corrected chi connectivity index (χ0v) is 16.7. The number of benzene rings is 3. The summed E-state index contributed by atoms with van der Waals surface area (Å²) in [5, 5.41) is 2.89. The van der Waals surface area contributed by atoms with Crippen molar-refractivity contribution in [2.24, 2.45) is 0 Å². The minimum Gasteiger partial charge on any atom is -0.436 e. The lowest BCUT2D eigenvalue weighted by atomic mass is 10.1. The van der Waals surface area contributed by atoms with Crippen molar-refractivity contribution in [3.05, 3.63) is 76.8 Å². The average molecular weight is 447 g/mol. The van der Waals surface area contributed by atoms with E-state index in [1.54, 1.807) is 6.07 Å². The summed E-state index contributed by atoms with van der Waals surface area (Å²) < 4.78 is 47.6. The van der Waals surface area contributed by atoms with Gasteiger partial charge in [-0.15, -0.1) is 13.2 Å².